The van der Waals surface area contributed by atoms with E-state index in [0.29, 0.717) is 16.8 Å². The summed E-state index contributed by atoms with van der Waals surface area (Å²) in [5.74, 6) is 1.07. The van der Waals surface area contributed by atoms with E-state index in [2.05, 4.69) is 34.7 Å². The van der Waals surface area contributed by atoms with Crippen LogP contribution in [0.1, 0.15) is 45.8 Å². The molecule has 0 saturated carbocycles. The predicted octanol–water partition coefficient (Wildman–Crippen LogP) is 5.47. The Balaban J connectivity index is 1.60. The molecule has 1 heterocycles. The molecule has 4 rings (SSSR count). The fourth-order valence-corrected chi connectivity index (χ4v) is 5.06. The summed E-state index contributed by atoms with van der Waals surface area (Å²) in [6, 6.07) is 20.3. The van der Waals surface area contributed by atoms with Gasteiger partial charge in [0.25, 0.3) is 0 Å². The highest BCUT2D eigenvalue weighted by atomic mass is 32.2. The van der Waals surface area contributed by atoms with Gasteiger partial charge in [-0.2, -0.15) is 0 Å². The van der Waals surface area contributed by atoms with Gasteiger partial charge in [0.05, 0.1) is 0 Å². The zero-order valence-corrected chi connectivity index (χ0v) is 16.0. The lowest BCUT2D eigenvalue weighted by Crippen LogP contribution is -2.21. The van der Waals surface area contributed by atoms with Gasteiger partial charge in [0.15, 0.2) is 5.82 Å². The first-order valence-corrected chi connectivity index (χ1v) is 10.2. The maximum atomic E-state index is 13.1. The lowest BCUT2D eigenvalue weighted by molar-refractivity contribution is -0.115. The lowest BCUT2D eigenvalue weighted by atomic mass is 9.91. The van der Waals surface area contributed by atoms with Gasteiger partial charge in [-0.1, -0.05) is 59.8 Å². The zero-order chi connectivity index (χ0) is 18.6. The number of aromatic nitrogens is 1. The van der Waals surface area contributed by atoms with Gasteiger partial charge in [-0.05, 0) is 42.9 Å². The molecular weight excluding hydrogens is 356 g/mol. The van der Waals surface area contributed by atoms with Crippen molar-refractivity contribution in [1.82, 2.24) is 5.16 Å². The Labute approximate surface area is 163 Å². The Kier molecular flexibility index (Phi) is 5.30. The van der Waals surface area contributed by atoms with E-state index in [9.17, 15) is 4.79 Å². The minimum absolute atomic E-state index is 0.0671. The number of carbonyl (C=O) groups excluding carboxylic acids is 1. The van der Waals surface area contributed by atoms with E-state index < -0.39 is 0 Å². The molecular formula is C22H22N2O2S. The molecule has 1 aliphatic rings. The average molecular weight is 378 g/mol. The van der Waals surface area contributed by atoms with Gasteiger partial charge in [0.2, 0.25) is 5.91 Å². The molecule has 3 aromatic rings. The first kappa shape index (κ1) is 17.9. The molecule has 0 fully saturated rings. The first-order valence-electron chi connectivity index (χ1n) is 9.23. The molecule has 2 aromatic carbocycles. The molecule has 2 atom stereocenters. The summed E-state index contributed by atoms with van der Waals surface area (Å²) in [4.78, 5) is 13.1. The maximum absolute atomic E-state index is 13.1. The number of amides is 1. The molecule has 1 aromatic heterocycles. The van der Waals surface area contributed by atoms with Crippen molar-refractivity contribution in [2.24, 2.45) is 0 Å². The lowest BCUT2D eigenvalue weighted by Gasteiger charge is -2.28. The van der Waals surface area contributed by atoms with Gasteiger partial charge < -0.3 is 9.84 Å². The number of hydrogen-bond donors (Lipinski definition) is 1. The molecule has 1 N–H and O–H groups in total. The maximum Gasteiger partial charge on any atom is 0.243 e. The molecule has 1 aliphatic carbocycles. The summed E-state index contributed by atoms with van der Waals surface area (Å²) >= 11 is 1.73. The van der Waals surface area contributed by atoms with E-state index >= 15 is 0 Å². The van der Waals surface area contributed by atoms with E-state index in [-0.39, 0.29) is 11.2 Å². The Morgan fingerprint density at radius 2 is 1.96 bits per heavy atom. The van der Waals surface area contributed by atoms with Gasteiger partial charge >= 0.3 is 0 Å². The van der Waals surface area contributed by atoms with E-state index in [1.165, 1.54) is 11.1 Å². The standard InChI is InChI=1S/C22H22N2O2S/c1-15-14-20(24-26-15)23-22(25)21(17-9-3-2-4-10-17)27-19-13-7-11-16-8-5-6-12-18(16)19/h2-6,8-10,12,14,19,21H,7,11,13H2,1H3,(H,23,24,25). The Hall–Kier alpha value is -2.53. The molecule has 27 heavy (non-hydrogen) atoms. The number of thioether (sulfide) groups is 1. The van der Waals surface area contributed by atoms with Crippen LogP contribution < -0.4 is 5.32 Å². The molecule has 0 radical (unpaired) electrons. The molecule has 0 spiro atoms. The second-order valence-electron chi connectivity index (χ2n) is 6.82. The number of aryl methyl sites for hydroxylation is 2. The number of rotatable bonds is 5. The molecule has 138 valence electrons. The number of anilines is 1. The topological polar surface area (TPSA) is 55.1 Å². The van der Waals surface area contributed by atoms with Gasteiger partial charge in [-0.3, -0.25) is 4.79 Å². The molecule has 2 unspecified atom stereocenters. The number of fused-ring (bicyclic) bond motifs is 1. The minimum atomic E-state index is -0.306. The number of carbonyl (C=O) groups is 1. The van der Waals surface area contributed by atoms with Crippen molar-refractivity contribution in [2.45, 2.75) is 36.7 Å². The Morgan fingerprint density at radius 1 is 1.19 bits per heavy atom. The van der Waals surface area contributed by atoms with Crippen LogP contribution in [0, 0.1) is 6.92 Å². The quantitative estimate of drug-likeness (QED) is 0.639. The van der Waals surface area contributed by atoms with Crippen LogP contribution in [0.3, 0.4) is 0 Å². The van der Waals surface area contributed by atoms with E-state index in [4.69, 9.17) is 4.52 Å². The number of benzene rings is 2. The van der Waals surface area contributed by atoms with E-state index in [1.54, 1.807) is 17.8 Å². The normalized spacial score (nSPS) is 17.1. The zero-order valence-electron chi connectivity index (χ0n) is 15.2. The Bertz CT molecular complexity index is 923. The summed E-state index contributed by atoms with van der Waals surface area (Å²) in [6.07, 6.45) is 3.36. The average Bonchev–Trinajstić information content (AvgIpc) is 3.11. The second kappa shape index (κ2) is 8.01. The predicted molar refractivity (Wildman–Crippen MR) is 109 cm³/mol. The highest BCUT2D eigenvalue weighted by Gasteiger charge is 2.29. The van der Waals surface area contributed by atoms with Crippen LogP contribution in [-0.4, -0.2) is 11.1 Å². The second-order valence-corrected chi connectivity index (χ2v) is 8.13. The Morgan fingerprint density at radius 3 is 2.74 bits per heavy atom. The van der Waals surface area contributed by atoms with Crippen molar-refractivity contribution in [2.75, 3.05) is 5.32 Å². The molecule has 4 nitrogen and oxygen atoms in total. The summed E-state index contributed by atoms with van der Waals surface area (Å²) in [7, 11) is 0. The van der Waals surface area contributed by atoms with Crippen molar-refractivity contribution >= 4 is 23.5 Å². The van der Waals surface area contributed by atoms with Crippen LogP contribution in [0.4, 0.5) is 5.82 Å². The molecule has 0 aliphatic heterocycles. The highest BCUT2D eigenvalue weighted by molar-refractivity contribution is 8.00. The van der Waals surface area contributed by atoms with Crippen molar-refractivity contribution < 1.29 is 9.32 Å². The summed E-state index contributed by atoms with van der Waals surface area (Å²) < 4.78 is 5.08. The largest absolute Gasteiger partial charge is 0.360 e. The fraction of sp³-hybridized carbons (Fsp3) is 0.273. The summed E-state index contributed by atoms with van der Waals surface area (Å²) in [5.41, 5.74) is 3.77. The fourth-order valence-electron chi connectivity index (χ4n) is 3.55. The number of nitrogens with zero attached hydrogens (tertiary/aromatic N) is 1. The van der Waals surface area contributed by atoms with E-state index in [1.807, 2.05) is 37.3 Å². The van der Waals surface area contributed by atoms with Crippen LogP contribution in [0.5, 0.6) is 0 Å². The highest BCUT2D eigenvalue weighted by Crippen LogP contribution is 2.46. The minimum Gasteiger partial charge on any atom is -0.360 e. The third kappa shape index (κ3) is 4.08. The molecule has 0 bridgehead atoms. The van der Waals surface area contributed by atoms with Crippen LogP contribution in [0.15, 0.2) is 65.2 Å². The smallest absolute Gasteiger partial charge is 0.243 e. The molecule has 1 amide bonds. The van der Waals surface area contributed by atoms with Gasteiger partial charge in [-0.25, -0.2) is 0 Å². The van der Waals surface area contributed by atoms with Crippen LogP contribution in [-0.2, 0) is 11.2 Å². The van der Waals surface area contributed by atoms with Gasteiger partial charge in [-0.15, -0.1) is 11.8 Å². The van der Waals surface area contributed by atoms with Crippen molar-refractivity contribution in [1.29, 1.82) is 0 Å². The van der Waals surface area contributed by atoms with Crippen LogP contribution >= 0.6 is 11.8 Å². The summed E-state index contributed by atoms with van der Waals surface area (Å²) in [5, 5.41) is 6.81. The first-order chi connectivity index (χ1) is 13.2. The van der Waals surface area contributed by atoms with Gasteiger partial charge in [0, 0.05) is 11.3 Å². The number of hydrogen-bond acceptors (Lipinski definition) is 4. The third-order valence-electron chi connectivity index (χ3n) is 4.83. The number of nitrogens with one attached hydrogen (secondary N) is 1. The van der Waals surface area contributed by atoms with Crippen molar-refractivity contribution in [3.05, 3.63) is 83.1 Å². The van der Waals surface area contributed by atoms with Crippen molar-refractivity contribution in [3.63, 3.8) is 0 Å². The van der Waals surface area contributed by atoms with Crippen molar-refractivity contribution in [3.8, 4) is 0 Å². The van der Waals surface area contributed by atoms with Crippen LogP contribution in [0.2, 0.25) is 0 Å². The monoisotopic (exact) mass is 378 g/mol. The van der Waals surface area contributed by atoms with Gasteiger partial charge in [0.1, 0.15) is 11.0 Å². The molecule has 0 saturated heterocycles. The van der Waals surface area contributed by atoms with Crippen LogP contribution in [0.25, 0.3) is 0 Å². The van der Waals surface area contributed by atoms with E-state index in [0.717, 1.165) is 24.8 Å². The SMILES string of the molecule is Cc1cc(NC(=O)C(SC2CCCc3ccccc32)c2ccccc2)no1. The molecule has 5 heteroatoms. The summed E-state index contributed by atoms with van der Waals surface area (Å²) in [6.45, 7) is 1.81. The third-order valence-corrected chi connectivity index (χ3v) is 6.41.